The lowest BCUT2D eigenvalue weighted by atomic mass is 10.00. The molecule has 1 fully saturated rings. The predicted molar refractivity (Wildman–Crippen MR) is 108 cm³/mol. The van der Waals surface area contributed by atoms with E-state index in [1.54, 1.807) is 39.2 Å². The zero-order chi connectivity index (χ0) is 19.3. The van der Waals surface area contributed by atoms with Crippen LogP contribution in [0, 0.1) is 19.8 Å². The molecule has 1 aliphatic heterocycles. The molecule has 5 heterocycles. The molecule has 0 radical (unpaired) electrons. The molecular formula is C19H19N7OS. The number of aryl methyl sites for hydroxylation is 2. The number of aromatic nitrogens is 6. The third-order valence-electron chi connectivity index (χ3n) is 5.01. The van der Waals surface area contributed by atoms with E-state index < -0.39 is 0 Å². The second-order valence-corrected chi connectivity index (χ2v) is 8.05. The molecule has 4 aromatic heterocycles. The van der Waals surface area contributed by atoms with E-state index in [2.05, 4.69) is 31.1 Å². The molecule has 5 rings (SSSR count). The number of hydrogen-bond donors (Lipinski definition) is 0. The van der Waals surface area contributed by atoms with E-state index >= 15 is 0 Å². The summed E-state index contributed by atoms with van der Waals surface area (Å²) in [7, 11) is 0. The molecule has 1 saturated heterocycles. The number of thiophene rings is 1. The molecular weight excluding hydrogens is 374 g/mol. The highest BCUT2D eigenvalue weighted by molar-refractivity contribution is 7.16. The van der Waals surface area contributed by atoms with Gasteiger partial charge in [-0.1, -0.05) is 0 Å². The highest BCUT2D eigenvalue weighted by atomic mass is 32.1. The molecule has 28 heavy (non-hydrogen) atoms. The standard InChI is InChI=1S/C19H19N7OS/c1-12-7-13(2)26(22-12)16-3-4-17(27)25(23-16)10-14-8-24(9-14)18-15-5-6-28-19(15)21-11-20-18/h3-7,11,14H,8-10H2,1-2H3. The van der Waals surface area contributed by atoms with Gasteiger partial charge in [-0.25, -0.2) is 19.3 Å². The van der Waals surface area contributed by atoms with E-state index in [1.165, 1.54) is 0 Å². The van der Waals surface area contributed by atoms with Crippen molar-refractivity contribution in [3.05, 3.63) is 57.7 Å². The van der Waals surface area contributed by atoms with Crippen molar-refractivity contribution in [2.24, 2.45) is 5.92 Å². The van der Waals surface area contributed by atoms with Gasteiger partial charge in [-0.3, -0.25) is 4.79 Å². The number of nitrogens with zero attached hydrogens (tertiary/aromatic N) is 7. The van der Waals surface area contributed by atoms with Crippen molar-refractivity contribution < 1.29 is 0 Å². The first-order chi connectivity index (χ1) is 13.6. The van der Waals surface area contributed by atoms with E-state index in [9.17, 15) is 4.79 Å². The van der Waals surface area contributed by atoms with Crippen LogP contribution in [0.4, 0.5) is 5.82 Å². The molecule has 0 spiro atoms. The Kier molecular flexibility index (Phi) is 3.97. The first-order valence-corrected chi connectivity index (χ1v) is 10.0. The Morgan fingerprint density at radius 1 is 1.14 bits per heavy atom. The number of rotatable bonds is 4. The van der Waals surface area contributed by atoms with Gasteiger partial charge in [0.2, 0.25) is 0 Å². The lowest BCUT2D eigenvalue weighted by Gasteiger charge is -2.40. The van der Waals surface area contributed by atoms with Crippen LogP contribution in [0.3, 0.4) is 0 Å². The normalized spacial score (nSPS) is 14.6. The minimum absolute atomic E-state index is 0.0917. The molecule has 1 aliphatic rings. The monoisotopic (exact) mass is 393 g/mol. The van der Waals surface area contributed by atoms with Crippen molar-refractivity contribution in [3.8, 4) is 5.82 Å². The van der Waals surface area contributed by atoms with Crippen LogP contribution >= 0.6 is 11.3 Å². The predicted octanol–water partition coefficient (Wildman–Crippen LogP) is 2.19. The lowest BCUT2D eigenvalue weighted by molar-refractivity contribution is 0.332. The second kappa shape index (κ2) is 6.52. The maximum atomic E-state index is 12.3. The molecule has 0 N–H and O–H groups in total. The molecule has 4 aromatic rings. The highest BCUT2D eigenvalue weighted by Crippen LogP contribution is 2.31. The van der Waals surface area contributed by atoms with Crippen molar-refractivity contribution in [1.82, 2.24) is 29.5 Å². The molecule has 9 heteroatoms. The SMILES string of the molecule is Cc1cc(C)n(-c2ccc(=O)n(CC3CN(c4ncnc5sccc45)C3)n2)n1. The smallest absolute Gasteiger partial charge is 0.266 e. The fraction of sp³-hybridized carbons (Fsp3) is 0.316. The van der Waals surface area contributed by atoms with Crippen LogP contribution in [0.25, 0.3) is 16.0 Å². The minimum atomic E-state index is -0.0917. The Hall–Kier alpha value is -3.07. The van der Waals surface area contributed by atoms with Gasteiger partial charge >= 0.3 is 0 Å². The molecule has 0 amide bonds. The second-order valence-electron chi connectivity index (χ2n) is 7.16. The van der Waals surface area contributed by atoms with Crippen LogP contribution in [0.1, 0.15) is 11.4 Å². The van der Waals surface area contributed by atoms with Crippen LogP contribution in [0.15, 0.2) is 40.8 Å². The van der Waals surface area contributed by atoms with E-state index in [1.807, 2.05) is 25.3 Å². The van der Waals surface area contributed by atoms with Gasteiger partial charge < -0.3 is 4.90 Å². The van der Waals surface area contributed by atoms with Gasteiger partial charge in [-0.2, -0.15) is 5.10 Å². The summed E-state index contributed by atoms with van der Waals surface area (Å²) in [6.07, 6.45) is 1.62. The number of anilines is 1. The third-order valence-corrected chi connectivity index (χ3v) is 5.83. The van der Waals surface area contributed by atoms with Crippen molar-refractivity contribution >= 4 is 27.4 Å². The molecule has 0 bridgehead atoms. The van der Waals surface area contributed by atoms with Gasteiger partial charge in [0, 0.05) is 30.8 Å². The quantitative estimate of drug-likeness (QED) is 0.529. The molecule has 0 saturated carbocycles. The maximum Gasteiger partial charge on any atom is 0.266 e. The number of fused-ring (bicyclic) bond motifs is 1. The summed E-state index contributed by atoms with van der Waals surface area (Å²) in [6.45, 7) is 6.20. The van der Waals surface area contributed by atoms with E-state index in [0.29, 0.717) is 18.3 Å². The Morgan fingerprint density at radius 2 is 2.00 bits per heavy atom. The molecule has 0 atom stereocenters. The van der Waals surface area contributed by atoms with E-state index in [0.717, 1.165) is 40.5 Å². The summed E-state index contributed by atoms with van der Waals surface area (Å²) in [5.41, 5.74) is 1.83. The third kappa shape index (κ3) is 2.88. The Balaban J connectivity index is 1.34. The Morgan fingerprint density at radius 3 is 2.79 bits per heavy atom. The maximum absolute atomic E-state index is 12.3. The highest BCUT2D eigenvalue weighted by Gasteiger charge is 2.30. The van der Waals surface area contributed by atoms with Crippen LogP contribution in [-0.2, 0) is 6.54 Å². The first-order valence-electron chi connectivity index (χ1n) is 9.13. The minimum Gasteiger partial charge on any atom is -0.355 e. The first kappa shape index (κ1) is 17.1. The van der Waals surface area contributed by atoms with Crippen molar-refractivity contribution in [2.45, 2.75) is 20.4 Å². The Labute approximate surface area is 165 Å². The summed E-state index contributed by atoms with van der Waals surface area (Å²) >= 11 is 1.62. The van der Waals surface area contributed by atoms with Gasteiger partial charge in [-0.15, -0.1) is 16.4 Å². The zero-order valence-corrected chi connectivity index (χ0v) is 16.4. The van der Waals surface area contributed by atoms with Gasteiger partial charge in [0.25, 0.3) is 5.56 Å². The molecule has 0 aliphatic carbocycles. The summed E-state index contributed by atoms with van der Waals surface area (Å²) < 4.78 is 3.32. The fourth-order valence-corrected chi connectivity index (χ4v) is 4.40. The van der Waals surface area contributed by atoms with E-state index in [-0.39, 0.29) is 5.56 Å². The topological polar surface area (TPSA) is 81.7 Å². The van der Waals surface area contributed by atoms with Crippen LogP contribution in [0.2, 0.25) is 0 Å². The van der Waals surface area contributed by atoms with Gasteiger partial charge in [0.05, 0.1) is 17.6 Å². The molecule has 142 valence electrons. The number of hydrogen-bond acceptors (Lipinski definition) is 7. The fourth-order valence-electron chi connectivity index (χ4n) is 3.67. The van der Waals surface area contributed by atoms with Gasteiger partial charge in [0.15, 0.2) is 5.82 Å². The molecule has 0 unspecified atom stereocenters. The molecule has 8 nitrogen and oxygen atoms in total. The molecule has 0 aromatic carbocycles. The average Bonchev–Trinajstić information content (AvgIpc) is 3.25. The van der Waals surface area contributed by atoms with Crippen LogP contribution in [-0.4, -0.2) is 42.6 Å². The zero-order valence-electron chi connectivity index (χ0n) is 15.6. The van der Waals surface area contributed by atoms with Gasteiger partial charge in [0.1, 0.15) is 17.0 Å². The van der Waals surface area contributed by atoms with Crippen LogP contribution < -0.4 is 10.5 Å². The Bertz CT molecular complexity index is 1220. The van der Waals surface area contributed by atoms with Crippen molar-refractivity contribution in [3.63, 3.8) is 0 Å². The average molecular weight is 393 g/mol. The lowest BCUT2D eigenvalue weighted by Crippen LogP contribution is -2.50. The van der Waals surface area contributed by atoms with Crippen molar-refractivity contribution in [2.75, 3.05) is 18.0 Å². The largest absolute Gasteiger partial charge is 0.355 e. The van der Waals surface area contributed by atoms with E-state index in [4.69, 9.17) is 0 Å². The van der Waals surface area contributed by atoms with Gasteiger partial charge in [-0.05, 0) is 37.4 Å². The van der Waals surface area contributed by atoms with Crippen molar-refractivity contribution in [1.29, 1.82) is 0 Å². The summed E-state index contributed by atoms with van der Waals surface area (Å²) in [5, 5.41) is 12.1. The van der Waals surface area contributed by atoms with Crippen LogP contribution in [0.5, 0.6) is 0 Å². The summed E-state index contributed by atoms with van der Waals surface area (Å²) in [4.78, 5) is 24.3. The summed E-state index contributed by atoms with van der Waals surface area (Å²) in [6, 6.07) is 7.34. The summed E-state index contributed by atoms with van der Waals surface area (Å²) in [5.74, 6) is 1.99.